The van der Waals surface area contributed by atoms with Gasteiger partial charge in [-0.1, -0.05) is 43.8 Å². The van der Waals surface area contributed by atoms with Gasteiger partial charge in [0, 0.05) is 0 Å². The number of benzene rings is 1. The zero-order valence-corrected chi connectivity index (χ0v) is 9.24. The van der Waals surface area contributed by atoms with Crippen molar-refractivity contribution in [2.24, 2.45) is 0 Å². The zero-order valence-electron chi connectivity index (χ0n) is 9.24. The molecule has 1 rings (SSSR count). The normalized spacial score (nSPS) is 11.9. The summed E-state index contributed by atoms with van der Waals surface area (Å²) < 4.78 is 0. The fourth-order valence-corrected chi connectivity index (χ4v) is 1.60. The Morgan fingerprint density at radius 1 is 1.40 bits per heavy atom. The molecule has 1 aromatic rings. The average Bonchev–Trinajstić information content (AvgIpc) is 2.29. The molecule has 0 fully saturated rings. The van der Waals surface area contributed by atoms with Crippen LogP contribution >= 0.6 is 0 Å². The van der Waals surface area contributed by atoms with Crippen LogP contribution in [0.3, 0.4) is 0 Å². The van der Waals surface area contributed by atoms with Crippen LogP contribution in [0.2, 0.25) is 0 Å². The first-order valence-electron chi connectivity index (χ1n) is 5.38. The van der Waals surface area contributed by atoms with Crippen molar-refractivity contribution in [1.82, 2.24) is 0 Å². The van der Waals surface area contributed by atoms with E-state index in [1.165, 1.54) is 5.56 Å². The second-order valence-corrected chi connectivity index (χ2v) is 3.60. The van der Waals surface area contributed by atoms with Crippen LogP contribution in [-0.4, -0.2) is 11.2 Å². The molecular weight excluding hydrogens is 184 g/mol. The van der Waals surface area contributed by atoms with Crippen molar-refractivity contribution in [2.75, 3.05) is 0 Å². The van der Waals surface area contributed by atoms with Crippen LogP contribution in [0.5, 0.6) is 0 Å². The Balaban J connectivity index is 2.47. The lowest BCUT2D eigenvalue weighted by atomic mass is 10.0. The summed E-state index contributed by atoms with van der Waals surface area (Å²) in [6.45, 7) is 5.60. The number of hydrogen-bond donors (Lipinski definition) is 1. The van der Waals surface area contributed by atoms with Crippen LogP contribution in [0.1, 0.15) is 25.3 Å². The molecule has 1 N–H and O–H groups in total. The van der Waals surface area contributed by atoms with Crippen LogP contribution in [0.4, 0.5) is 0 Å². The summed E-state index contributed by atoms with van der Waals surface area (Å²) in [6.07, 6.45) is 2.07. The van der Waals surface area contributed by atoms with E-state index >= 15 is 0 Å². The fraction of sp³-hybridized carbons (Fsp3) is 0.357. The lowest BCUT2D eigenvalue weighted by Gasteiger charge is -2.11. The number of hydrogen-bond acceptors (Lipinski definition) is 1. The third-order valence-electron chi connectivity index (χ3n) is 2.56. The summed E-state index contributed by atoms with van der Waals surface area (Å²) in [7, 11) is 0. The minimum atomic E-state index is -0.396. The zero-order chi connectivity index (χ0) is 11.1. The van der Waals surface area contributed by atoms with Gasteiger partial charge in [0.05, 0.1) is 6.10 Å². The van der Waals surface area contributed by atoms with Crippen LogP contribution < -0.4 is 0 Å². The highest BCUT2D eigenvalue weighted by Crippen LogP contribution is 2.12. The Labute approximate surface area is 91.8 Å². The molecule has 1 atom stereocenters. The van der Waals surface area contributed by atoms with Crippen LogP contribution in [0, 0.1) is 0 Å². The van der Waals surface area contributed by atoms with Gasteiger partial charge in [-0.25, -0.2) is 0 Å². The van der Waals surface area contributed by atoms with Gasteiger partial charge in [-0.15, -0.1) is 5.73 Å². The van der Waals surface area contributed by atoms with E-state index in [9.17, 15) is 5.11 Å². The maximum absolute atomic E-state index is 9.83. The first-order valence-corrected chi connectivity index (χ1v) is 5.38. The molecule has 0 saturated heterocycles. The Kier molecular flexibility index (Phi) is 4.89. The fourth-order valence-electron chi connectivity index (χ4n) is 1.60. The Morgan fingerprint density at radius 2 is 2.07 bits per heavy atom. The highest BCUT2D eigenvalue weighted by molar-refractivity contribution is 5.15. The molecule has 0 aliphatic heterocycles. The van der Waals surface area contributed by atoms with Gasteiger partial charge in [0.2, 0.25) is 0 Å². The van der Waals surface area contributed by atoms with Crippen molar-refractivity contribution in [3.8, 4) is 0 Å². The highest BCUT2D eigenvalue weighted by Gasteiger charge is 2.08. The van der Waals surface area contributed by atoms with Gasteiger partial charge in [0.15, 0.2) is 0 Å². The van der Waals surface area contributed by atoms with Crippen LogP contribution in [0.25, 0.3) is 0 Å². The molecule has 0 radical (unpaired) electrons. The summed E-state index contributed by atoms with van der Waals surface area (Å²) in [4.78, 5) is 0. The molecule has 0 bridgehead atoms. The molecule has 0 aliphatic rings. The maximum Gasteiger partial charge on any atom is 0.0826 e. The highest BCUT2D eigenvalue weighted by atomic mass is 16.3. The average molecular weight is 202 g/mol. The van der Waals surface area contributed by atoms with E-state index in [4.69, 9.17) is 0 Å². The van der Waals surface area contributed by atoms with Gasteiger partial charge < -0.3 is 5.11 Å². The van der Waals surface area contributed by atoms with Gasteiger partial charge in [-0.3, -0.25) is 0 Å². The molecule has 1 nitrogen and oxygen atoms in total. The van der Waals surface area contributed by atoms with Crippen molar-refractivity contribution in [3.63, 3.8) is 0 Å². The van der Waals surface area contributed by atoms with E-state index < -0.39 is 6.10 Å². The Bertz CT molecular complexity index is 334. The van der Waals surface area contributed by atoms with Crippen molar-refractivity contribution in [2.45, 2.75) is 32.3 Å². The van der Waals surface area contributed by atoms with E-state index in [1.807, 2.05) is 25.1 Å². The molecule has 0 heterocycles. The number of aliphatic hydroxyl groups excluding tert-OH is 1. The predicted molar refractivity (Wildman–Crippen MR) is 63.7 cm³/mol. The molecule has 0 spiro atoms. The predicted octanol–water partition coefficient (Wildman–Crippen LogP) is 3.10. The molecule has 0 aromatic heterocycles. The molecule has 1 aromatic carbocycles. The topological polar surface area (TPSA) is 20.2 Å². The summed E-state index contributed by atoms with van der Waals surface area (Å²) in [6, 6.07) is 10.2. The van der Waals surface area contributed by atoms with Crippen molar-refractivity contribution in [3.05, 3.63) is 53.8 Å². The molecule has 0 amide bonds. The van der Waals surface area contributed by atoms with E-state index in [0.717, 1.165) is 24.8 Å². The largest absolute Gasteiger partial charge is 0.388 e. The van der Waals surface area contributed by atoms with Crippen molar-refractivity contribution >= 4 is 0 Å². The standard InChI is InChI=1S/C14H18O/c1-3-13(4-2)14(15)11-10-12-8-6-5-7-9-12/h5-9,14-15H,1,4,10-11H2,2H3/t14-/m1/s1. The second-order valence-electron chi connectivity index (χ2n) is 3.60. The third kappa shape index (κ3) is 3.75. The molecule has 0 saturated carbocycles. The van der Waals surface area contributed by atoms with Crippen LogP contribution in [0.15, 0.2) is 48.2 Å². The SMILES string of the molecule is C=C=C(CC)[C@H](O)CCc1ccccc1. The van der Waals surface area contributed by atoms with Crippen LogP contribution in [-0.2, 0) is 6.42 Å². The lowest BCUT2D eigenvalue weighted by Crippen LogP contribution is -2.10. The first-order chi connectivity index (χ1) is 7.27. The minimum Gasteiger partial charge on any atom is -0.388 e. The number of rotatable bonds is 5. The minimum absolute atomic E-state index is 0.396. The van der Waals surface area contributed by atoms with Gasteiger partial charge in [-0.05, 0) is 30.4 Å². The number of aliphatic hydroxyl groups is 1. The van der Waals surface area contributed by atoms with Gasteiger partial charge >= 0.3 is 0 Å². The lowest BCUT2D eigenvalue weighted by molar-refractivity contribution is 0.197. The summed E-state index contributed by atoms with van der Waals surface area (Å²) in [5.74, 6) is 0. The molecule has 0 unspecified atom stereocenters. The molecule has 0 aliphatic carbocycles. The van der Waals surface area contributed by atoms with Crippen molar-refractivity contribution < 1.29 is 5.11 Å². The van der Waals surface area contributed by atoms with Gasteiger partial charge in [0.1, 0.15) is 0 Å². The van der Waals surface area contributed by atoms with E-state index in [2.05, 4.69) is 24.4 Å². The second kappa shape index (κ2) is 6.23. The van der Waals surface area contributed by atoms with Gasteiger partial charge in [0.25, 0.3) is 0 Å². The maximum atomic E-state index is 9.83. The van der Waals surface area contributed by atoms with Crippen molar-refractivity contribution in [1.29, 1.82) is 0 Å². The Hall–Kier alpha value is -1.30. The summed E-state index contributed by atoms with van der Waals surface area (Å²) in [5.41, 5.74) is 4.97. The van der Waals surface area contributed by atoms with E-state index in [1.54, 1.807) is 0 Å². The quantitative estimate of drug-likeness (QED) is 0.727. The molecule has 15 heavy (non-hydrogen) atoms. The Morgan fingerprint density at radius 3 is 2.60 bits per heavy atom. The summed E-state index contributed by atoms with van der Waals surface area (Å²) >= 11 is 0. The number of aryl methyl sites for hydroxylation is 1. The van der Waals surface area contributed by atoms with Gasteiger partial charge in [-0.2, -0.15) is 0 Å². The monoisotopic (exact) mass is 202 g/mol. The van der Waals surface area contributed by atoms with E-state index in [0.29, 0.717) is 0 Å². The molecule has 80 valence electrons. The van der Waals surface area contributed by atoms with E-state index in [-0.39, 0.29) is 0 Å². The molecular formula is C14H18O. The first kappa shape index (κ1) is 11.8. The smallest absolute Gasteiger partial charge is 0.0826 e. The third-order valence-corrected chi connectivity index (χ3v) is 2.56. The molecule has 1 heteroatoms. The summed E-state index contributed by atoms with van der Waals surface area (Å²) in [5, 5.41) is 9.83.